The Morgan fingerprint density at radius 2 is 1.77 bits per heavy atom. The van der Waals surface area contributed by atoms with Gasteiger partial charge in [-0.15, -0.1) is 0 Å². The standard InChI is InChI=1S/C23H29F2N3O3/c1-23(2,3)31-22(30)27-11-7-19(8-12-27)28-10-4-5-20(28)21(29)26-9-6-16-13-17(24)15-18(25)14-16/h4-5,10,13-15,19H,6-9,11-12H2,1-3H3,(H,26,29). The van der Waals surface area contributed by atoms with Gasteiger partial charge in [0, 0.05) is 37.9 Å². The molecule has 168 valence electrons. The first-order chi connectivity index (χ1) is 14.6. The molecule has 0 atom stereocenters. The van der Waals surface area contributed by atoms with Gasteiger partial charge < -0.3 is 19.5 Å². The molecule has 2 amide bonds. The zero-order valence-corrected chi connectivity index (χ0v) is 18.2. The Morgan fingerprint density at radius 3 is 2.39 bits per heavy atom. The predicted molar refractivity (Wildman–Crippen MR) is 113 cm³/mol. The van der Waals surface area contributed by atoms with Crippen molar-refractivity contribution in [2.45, 2.75) is 51.7 Å². The monoisotopic (exact) mass is 433 g/mol. The molecule has 2 heterocycles. The Kier molecular flexibility index (Phi) is 6.97. The van der Waals surface area contributed by atoms with Gasteiger partial charge in [-0.25, -0.2) is 13.6 Å². The molecule has 2 aromatic rings. The number of halogens is 2. The van der Waals surface area contributed by atoms with E-state index in [1.54, 1.807) is 11.0 Å². The Balaban J connectivity index is 1.53. The third-order valence-corrected chi connectivity index (χ3v) is 5.14. The van der Waals surface area contributed by atoms with Crippen LogP contribution in [0.25, 0.3) is 0 Å². The van der Waals surface area contributed by atoms with Crippen molar-refractivity contribution in [2.75, 3.05) is 19.6 Å². The molecule has 0 bridgehead atoms. The summed E-state index contributed by atoms with van der Waals surface area (Å²) in [6.45, 7) is 6.91. The number of hydrogen-bond acceptors (Lipinski definition) is 3. The summed E-state index contributed by atoms with van der Waals surface area (Å²) in [4.78, 5) is 26.6. The van der Waals surface area contributed by atoms with Crippen molar-refractivity contribution in [1.82, 2.24) is 14.8 Å². The molecule has 3 rings (SSSR count). The molecule has 1 fully saturated rings. The maximum Gasteiger partial charge on any atom is 0.410 e. The number of benzene rings is 1. The van der Waals surface area contributed by atoms with Crippen LogP contribution in [0, 0.1) is 11.6 Å². The molecule has 1 saturated heterocycles. The van der Waals surface area contributed by atoms with E-state index in [0.29, 0.717) is 30.8 Å². The molecule has 8 heteroatoms. The summed E-state index contributed by atoms with van der Waals surface area (Å²) in [7, 11) is 0. The number of carbonyl (C=O) groups is 2. The zero-order valence-electron chi connectivity index (χ0n) is 18.2. The molecule has 1 aliphatic heterocycles. The summed E-state index contributed by atoms with van der Waals surface area (Å²) in [6.07, 6.45) is 3.32. The molecule has 0 aliphatic carbocycles. The third kappa shape index (κ3) is 6.29. The number of nitrogens with zero attached hydrogens (tertiary/aromatic N) is 2. The minimum Gasteiger partial charge on any atom is -0.444 e. The summed E-state index contributed by atoms with van der Waals surface area (Å²) < 4.78 is 33.9. The lowest BCUT2D eigenvalue weighted by Gasteiger charge is -2.34. The summed E-state index contributed by atoms with van der Waals surface area (Å²) in [5.41, 5.74) is 0.487. The lowest BCUT2D eigenvalue weighted by molar-refractivity contribution is 0.0187. The Morgan fingerprint density at radius 1 is 1.13 bits per heavy atom. The number of aromatic nitrogens is 1. The van der Waals surface area contributed by atoms with Crippen LogP contribution >= 0.6 is 0 Å². The van der Waals surface area contributed by atoms with Crippen molar-refractivity contribution in [2.24, 2.45) is 0 Å². The Hall–Kier alpha value is -2.90. The second-order valence-electron chi connectivity index (χ2n) is 8.78. The second kappa shape index (κ2) is 9.49. The first-order valence-electron chi connectivity index (χ1n) is 10.5. The lowest BCUT2D eigenvalue weighted by atomic mass is 10.0. The van der Waals surface area contributed by atoms with Crippen molar-refractivity contribution in [3.63, 3.8) is 0 Å². The van der Waals surface area contributed by atoms with Gasteiger partial charge in [-0.2, -0.15) is 0 Å². The van der Waals surface area contributed by atoms with Gasteiger partial charge in [0.05, 0.1) is 0 Å². The molecule has 0 spiro atoms. The Labute approximate surface area is 181 Å². The van der Waals surface area contributed by atoms with Gasteiger partial charge in [0.15, 0.2) is 0 Å². The van der Waals surface area contributed by atoms with Crippen LogP contribution in [0.2, 0.25) is 0 Å². The van der Waals surface area contributed by atoms with Crippen molar-refractivity contribution in [1.29, 1.82) is 0 Å². The van der Waals surface area contributed by atoms with Gasteiger partial charge in [-0.05, 0) is 69.9 Å². The number of amides is 2. The second-order valence-corrected chi connectivity index (χ2v) is 8.78. The van der Waals surface area contributed by atoms with Crippen LogP contribution in [0.3, 0.4) is 0 Å². The summed E-state index contributed by atoms with van der Waals surface area (Å²) >= 11 is 0. The molecule has 0 saturated carbocycles. The van der Waals surface area contributed by atoms with Crippen LogP contribution in [-0.4, -0.2) is 46.7 Å². The van der Waals surface area contributed by atoms with E-state index in [0.717, 1.165) is 18.9 Å². The molecule has 0 radical (unpaired) electrons. The van der Waals surface area contributed by atoms with Gasteiger partial charge in [0.25, 0.3) is 5.91 Å². The predicted octanol–water partition coefficient (Wildman–Crippen LogP) is 4.31. The fourth-order valence-electron chi connectivity index (χ4n) is 3.72. The van der Waals surface area contributed by atoms with Crippen molar-refractivity contribution in [3.05, 3.63) is 59.4 Å². The highest BCUT2D eigenvalue weighted by atomic mass is 19.1. The highest BCUT2D eigenvalue weighted by Crippen LogP contribution is 2.25. The van der Waals surface area contributed by atoms with E-state index in [9.17, 15) is 18.4 Å². The van der Waals surface area contributed by atoms with Crippen LogP contribution in [0.1, 0.15) is 55.7 Å². The summed E-state index contributed by atoms with van der Waals surface area (Å²) in [5, 5.41) is 2.82. The highest BCUT2D eigenvalue weighted by Gasteiger charge is 2.28. The van der Waals surface area contributed by atoms with Gasteiger partial charge in [0.1, 0.15) is 22.9 Å². The molecule has 1 aromatic heterocycles. The minimum absolute atomic E-state index is 0.103. The van der Waals surface area contributed by atoms with Crippen LogP contribution in [0.15, 0.2) is 36.5 Å². The molecule has 1 N–H and O–H groups in total. The SMILES string of the molecule is CC(C)(C)OC(=O)N1CCC(n2cccc2C(=O)NCCc2cc(F)cc(F)c2)CC1. The quantitative estimate of drug-likeness (QED) is 0.764. The number of rotatable bonds is 5. The number of likely N-dealkylation sites (tertiary alicyclic amines) is 1. The van der Waals surface area contributed by atoms with E-state index < -0.39 is 17.2 Å². The number of hydrogen-bond donors (Lipinski definition) is 1. The maximum atomic E-state index is 13.3. The molecule has 0 unspecified atom stereocenters. The number of piperidine rings is 1. The van der Waals surface area contributed by atoms with Crippen molar-refractivity contribution < 1.29 is 23.1 Å². The maximum absolute atomic E-state index is 13.3. The topological polar surface area (TPSA) is 63.6 Å². The Bertz CT molecular complexity index is 908. The highest BCUT2D eigenvalue weighted by molar-refractivity contribution is 5.92. The minimum atomic E-state index is -0.632. The number of ether oxygens (including phenoxy) is 1. The number of carbonyl (C=O) groups excluding carboxylic acids is 2. The summed E-state index contributed by atoms with van der Waals surface area (Å²) in [6, 6.07) is 7.01. The normalized spacial score (nSPS) is 15.1. The van der Waals surface area contributed by atoms with E-state index in [1.807, 2.05) is 37.6 Å². The van der Waals surface area contributed by atoms with Crippen molar-refractivity contribution >= 4 is 12.0 Å². The molecule has 1 aromatic carbocycles. The van der Waals surface area contributed by atoms with E-state index in [-0.39, 0.29) is 24.6 Å². The van der Waals surface area contributed by atoms with Crippen molar-refractivity contribution in [3.8, 4) is 0 Å². The van der Waals surface area contributed by atoms with E-state index in [1.165, 1.54) is 12.1 Å². The summed E-state index contributed by atoms with van der Waals surface area (Å²) in [5.74, 6) is -1.50. The molecule has 6 nitrogen and oxygen atoms in total. The molecule has 1 aliphatic rings. The smallest absolute Gasteiger partial charge is 0.410 e. The van der Waals surface area contributed by atoms with E-state index in [4.69, 9.17) is 4.74 Å². The van der Waals surface area contributed by atoms with E-state index >= 15 is 0 Å². The average molecular weight is 433 g/mol. The third-order valence-electron chi connectivity index (χ3n) is 5.14. The van der Waals surface area contributed by atoms with E-state index in [2.05, 4.69) is 5.32 Å². The molecular weight excluding hydrogens is 404 g/mol. The average Bonchev–Trinajstić information content (AvgIpc) is 3.16. The first kappa shape index (κ1) is 22.8. The lowest BCUT2D eigenvalue weighted by Crippen LogP contribution is -2.42. The molecular formula is C23H29F2N3O3. The van der Waals surface area contributed by atoms with Crippen LogP contribution < -0.4 is 5.32 Å². The van der Waals surface area contributed by atoms with Gasteiger partial charge in [-0.3, -0.25) is 4.79 Å². The number of nitrogens with one attached hydrogen (secondary N) is 1. The van der Waals surface area contributed by atoms with Gasteiger partial charge in [0.2, 0.25) is 0 Å². The van der Waals surface area contributed by atoms with Crippen LogP contribution in [0.4, 0.5) is 13.6 Å². The first-order valence-corrected chi connectivity index (χ1v) is 10.5. The fraction of sp³-hybridized carbons (Fsp3) is 0.478. The van der Waals surface area contributed by atoms with Gasteiger partial charge in [-0.1, -0.05) is 0 Å². The van der Waals surface area contributed by atoms with Crippen LogP contribution in [-0.2, 0) is 11.2 Å². The fourth-order valence-corrected chi connectivity index (χ4v) is 3.72. The van der Waals surface area contributed by atoms with Gasteiger partial charge >= 0.3 is 6.09 Å². The zero-order chi connectivity index (χ0) is 22.6. The van der Waals surface area contributed by atoms with Crippen LogP contribution in [0.5, 0.6) is 0 Å². The molecule has 31 heavy (non-hydrogen) atoms. The largest absolute Gasteiger partial charge is 0.444 e.